The van der Waals surface area contributed by atoms with Crippen LogP contribution in [0.2, 0.25) is 0 Å². The van der Waals surface area contributed by atoms with E-state index >= 15 is 0 Å². The lowest BCUT2D eigenvalue weighted by Crippen LogP contribution is -2.21. The minimum Gasteiger partial charge on any atom is -0.424 e. The molecule has 2 aromatic rings. The molecule has 2 rings (SSSR count). The molecule has 0 unspecified atom stereocenters. The van der Waals surface area contributed by atoms with Crippen LogP contribution in [0.25, 0.3) is 10.9 Å². The highest BCUT2D eigenvalue weighted by atomic mass is 79.9. The van der Waals surface area contributed by atoms with Gasteiger partial charge in [-0.2, -0.15) is 0 Å². The lowest BCUT2D eigenvalue weighted by atomic mass is 10.2. The van der Waals surface area contributed by atoms with Crippen LogP contribution in [0.5, 0.6) is 0 Å². The fraction of sp³-hybridized carbons (Fsp3) is 0.111. The molecule has 0 aliphatic rings. The first-order valence-corrected chi connectivity index (χ1v) is 5.67. The van der Waals surface area contributed by atoms with E-state index in [2.05, 4.69) is 36.8 Å². The number of hydrogen-bond acceptors (Lipinski definition) is 3. The molecule has 0 fully saturated rings. The zero-order valence-electron chi connectivity index (χ0n) is 7.66. The van der Waals surface area contributed by atoms with E-state index in [4.69, 9.17) is 0 Å². The third kappa shape index (κ3) is 1.68. The van der Waals surface area contributed by atoms with Gasteiger partial charge in [-0.05, 0) is 35.0 Å². The third-order valence-electron chi connectivity index (χ3n) is 2.03. The molecule has 0 saturated carbocycles. The highest BCUT2D eigenvalue weighted by Crippen LogP contribution is 2.25. The van der Waals surface area contributed by atoms with Crippen molar-refractivity contribution < 1.29 is 5.21 Å². The average Bonchev–Trinajstić information content (AvgIpc) is 2.17. The summed E-state index contributed by atoms with van der Waals surface area (Å²) in [6.07, 6.45) is 0. The minimum atomic E-state index is -0.473. The molecule has 4 nitrogen and oxygen atoms in total. The van der Waals surface area contributed by atoms with Crippen molar-refractivity contribution in [1.29, 1.82) is 0 Å². The fourth-order valence-electron chi connectivity index (χ4n) is 1.31. The molecule has 0 bridgehead atoms. The zero-order valence-corrected chi connectivity index (χ0v) is 10.8. The van der Waals surface area contributed by atoms with Gasteiger partial charge in [-0.15, -0.1) is 4.73 Å². The van der Waals surface area contributed by atoms with Crippen LogP contribution in [0.3, 0.4) is 0 Å². The SMILES string of the molecule is Cc1nc2c(Br)cc(Br)cc2c(=O)n1O. The molecule has 1 heterocycles. The Morgan fingerprint density at radius 3 is 2.73 bits per heavy atom. The molecule has 78 valence electrons. The maximum atomic E-state index is 11.7. The van der Waals surface area contributed by atoms with Crippen molar-refractivity contribution in [2.45, 2.75) is 6.92 Å². The predicted molar refractivity (Wildman–Crippen MR) is 63.3 cm³/mol. The molecule has 0 amide bonds. The van der Waals surface area contributed by atoms with Gasteiger partial charge in [-0.3, -0.25) is 4.79 Å². The lowest BCUT2D eigenvalue weighted by molar-refractivity contribution is 0.166. The van der Waals surface area contributed by atoms with Gasteiger partial charge in [0.25, 0.3) is 5.56 Å². The monoisotopic (exact) mass is 332 g/mol. The van der Waals surface area contributed by atoms with Gasteiger partial charge in [-0.25, -0.2) is 4.98 Å². The zero-order chi connectivity index (χ0) is 11.2. The number of benzene rings is 1. The Morgan fingerprint density at radius 2 is 2.07 bits per heavy atom. The summed E-state index contributed by atoms with van der Waals surface area (Å²) in [5, 5.41) is 9.76. The first-order chi connectivity index (χ1) is 7.00. The number of halogens is 2. The van der Waals surface area contributed by atoms with E-state index in [9.17, 15) is 10.0 Å². The van der Waals surface area contributed by atoms with Crippen molar-refractivity contribution in [3.63, 3.8) is 0 Å². The molecule has 6 heteroatoms. The van der Waals surface area contributed by atoms with E-state index in [1.54, 1.807) is 19.1 Å². The van der Waals surface area contributed by atoms with Gasteiger partial charge in [0.05, 0.1) is 10.9 Å². The van der Waals surface area contributed by atoms with Crippen LogP contribution in [-0.4, -0.2) is 14.9 Å². The quantitative estimate of drug-likeness (QED) is 0.753. The molecule has 1 aromatic heterocycles. The minimum absolute atomic E-state index is 0.260. The molecular formula is C9H6Br2N2O2. The standard InChI is InChI=1S/C9H6Br2N2O2/c1-4-12-8-6(9(14)13(4)15)2-5(10)3-7(8)11/h2-3,15H,1H3. The molecule has 0 spiro atoms. The van der Waals surface area contributed by atoms with Gasteiger partial charge in [0, 0.05) is 8.95 Å². The summed E-state index contributed by atoms with van der Waals surface area (Å²) in [6.45, 7) is 1.56. The van der Waals surface area contributed by atoms with Crippen LogP contribution in [0.1, 0.15) is 5.82 Å². The summed E-state index contributed by atoms with van der Waals surface area (Å²) in [5.74, 6) is 0.260. The van der Waals surface area contributed by atoms with Gasteiger partial charge >= 0.3 is 0 Å². The summed E-state index contributed by atoms with van der Waals surface area (Å²) in [7, 11) is 0. The Balaban J connectivity index is 3.06. The van der Waals surface area contributed by atoms with E-state index in [0.29, 0.717) is 20.1 Å². The van der Waals surface area contributed by atoms with E-state index in [1.165, 1.54) is 0 Å². The Bertz CT molecular complexity index is 607. The smallest absolute Gasteiger partial charge is 0.294 e. The maximum absolute atomic E-state index is 11.7. The largest absolute Gasteiger partial charge is 0.424 e. The second kappa shape index (κ2) is 3.61. The average molecular weight is 334 g/mol. The van der Waals surface area contributed by atoms with Gasteiger partial charge in [-0.1, -0.05) is 15.9 Å². The maximum Gasteiger partial charge on any atom is 0.294 e. The van der Waals surface area contributed by atoms with Crippen LogP contribution >= 0.6 is 31.9 Å². The van der Waals surface area contributed by atoms with Crippen molar-refractivity contribution in [3.8, 4) is 0 Å². The van der Waals surface area contributed by atoms with E-state index in [-0.39, 0.29) is 5.82 Å². The molecule has 0 aliphatic carbocycles. The highest BCUT2D eigenvalue weighted by Gasteiger charge is 2.10. The molecule has 0 radical (unpaired) electrons. The Kier molecular flexibility index (Phi) is 2.56. The van der Waals surface area contributed by atoms with E-state index in [0.717, 1.165) is 4.47 Å². The number of aromatic nitrogens is 2. The lowest BCUT2D eigenvalue weighted by Gasteiger charge is -2.05. The van der Waals surface area contributed by atoms with Crippen molar-refractivity contribution in [3.05, 3.63) is 37.3 Å². The topological polar surface area (TPSA) is 55.1 Å². The molecule has 0 saturated heterocycles. The molecule has 1 aromatic carbocycles. The summed E-state index contributed by atoms with van der Waals surface area (Å²) < 4.78 is 2.01. The number of aryl methyl sites for hydroxylation is 1. The van der Waals surface area contributed by atoms with Gasteiger partial charge in [0.1, 0.15) is 5.82 Å². The molecular weight excluding hydrogens is 328 g/mol. The van der Waals surface area contributed by atoms with Crippen molar-refractivity contribution in [2.75, 3.05) is 0 Å². The summed E-state index contributed by atoms with van der Waals surface area (Å²) in [6, 6.07) is 3.43. The predicted octanol–water partition coefficient (Wildman–Crippen LogP) is 2.47. The Morgan fingerprint density at radius 1 is 1.40 bits per heavy atom. The Hall–Kier alpha value is -0.880. The number of fused-ring (bicyclic) bond motifs is 1. The molecule has 1 N–H and O–H groups in total. The second-order valence-electron chi connectivity index (χ2n) is 3.06. The summed E-state index contributed by atoms with van der Waals surface area (Å²) in [4.78, 5) is 15.8. The number of rotatable bonds is 0. The third-order valence-corrected chi connectivity index (χ3v) is 3.09. The van der Waals surface area contributed by atoms with Crippen LogP contribution in [0.4, 0.5) is 0 Å². The summed E-state index contributed by atoms with van der Waals surface area (Å²) in [5.41, 5.74) is 0.0745. The van der Waals surface area contributed by atoms with Crippen LogP contribution in [-0.2, 0) is 0 Å². The van der Waals surface area contributed by atoms with Crippen molar-refractivity contribution in [1.82, 2.24) is 9.71 Å². The molecule has 0 aliphatic heterocycles. The second-order valence-corrected chi connectivity index (χ2v) is 4.83. The van der Waals surface area contributed by atoms with Crippen LogP contribution < -0.4 is 5.56 Å². The van der Waals surface area contributed by atoms with E-state index in [1.807, 2.05) is 0 Å². The van der Waals surface area contributed by atoms with Crippen LogP contribution in [0, 0.1) is 6.92 Å². The van der Waals surface area contributed by atoms with Crippen molar-refractivity contribution in [2.24, 2.45) is 0 Å². The highest BCUT2D eigenvalue weighted by molar-refractivity contribution is 9.11. The van der Waals surface area contributed by atoms with Gasteiger partial charge in [0.15, 0.2) is 0 Å². The van der Waals surface area contributed by atoms with E-state index < -0.39 is 5.56 Å². The van der Waals surface area contributed by atoms with Gasteiger partial charge in [0.2, 0.25) is 0 Å². The van der Waals surface area contributed by atoms with Gasteiger partial charge < -0.3 is 5.21 Å². The van der Waals surface area contributed by atoms with Crippen molar-refractivity contribution >= 4 is 42.8 Å². The molecule has 15 heavy (non-hydrogen) atoms. The number of nitrogens with zero attached hydrogens (tertiary/aromatic N) is 2. The first-order valence-electron chi connectivity index (χ1n) is 4.08. The fourth-order valence-corrected chi connectivity index (χ4v) is 2.63. The normalized spacial score (nSPS) is 10.9. The number of hydrogen-bond donors (Lipinski definition) is 1. The first kappa shape index (κ1) is 10.6. The van der Waals surface area contributed by atoms with Crippen LogP contribution in [0.15, 0.2) is 25.9 Å². The summed E-state index contributed by atoms with van der Waals surface area (Å²) >= 11 is 6.59. The molecule has 0 atom stereocenters. The Labute approximate surface area is 102 Å².